The number of carbonyl (C=O) groups excluding carboxylic acids is 2. The van der Waals surface area contributed by atoms with Crippen molar-refractivity contribution in [3.63, 3.8) is 0 Å². The van der Waals surface area contributed by atoms with Crippen LogP contribution in [0.15, 0.2) is 40.7 Å². The van der Waals surface area contributed by atoms with Crippen LogP contribution in [0.5, 0.6) is 0 Å². The quantitative estimate of drug-likeness (QED) is 0.460. The number of thiazole rings is 1. The molecule has 0 aliphatic heterocycles. The molecular weight excluding hydrogens is 404 g/mol. The number of hydrogen-bond donors (Lipinski definition) is 1. The lowest BCUT2D eigenvalue weighted by Crippen LogP contribution is -2.14. The van der Waals surface area contributed by atoms with Gasteiger partial charge in [-0.1, -0.05) is 41.6 Å². The van der Waals surface area contributed by atoms with E-state index in [1.54, 1.807) is 6.92 Å². The van der Waals surface area contributed by atoms with E-state index in [1.165, 1.54) is 29.9 Å². The number of pyridine rings is 1. The molecule has 3 aromatic rings. The number of aromatic nitrogens is 2. The Kier molecular flexibility index (Phi) is 6.42. The largest absolute Gasteiger partial charge is 0.301 e. The molecule has 0 radical (unpaired) electrons. The Labute approximate surface area is 177 Å². The second kappa shape index (κ2) is 8.99. The smallest absolute Gasteiger partial charge is 0.236 e. The number of thioether (sulfide) groups is 1. The number of amides is 1. The summed E-state index contributed by atoms with van der Waals surface area (Å²) < 4.78 is 0. The summed E-state index contributed by atoms with van der Waals surface area (Å²) in [6.45, 7) is 5.17. The van der Waals surface area contributed by atoms with Gasteiger partial charge >= 0.3 is 0 Å². The van der Waals surface area contributed by atoms with Crippen LogP contribution >= 0.6 is 23.1 Å². The van der Waals surface area contributed by atoms with Crippen molar-refractivity contribution >= 4 is 39.9 Å². The zero-order chi connectivity index (χ0) is 21.0. The fourth-order valence-corrected chi connectivity index (χ4v) is 4.14. The summed E-state index contributed by atoms with van der Waals surface area (Å²) in [5.74, 6) is -0.298. The first-order chi connectivity index (χ1) is 13.9. The number of benzene rings is 1. The summed E-state index contributed by atoms with van der Waals surface area (Å²) in [5, 5.41) is 14.9. The molecule has 2 aromatic heterocycles. The molecular formula is C21H18N4O2S2. The molecule has 0 fully saturated rings. The molecule has 0 atom stereocenters. The third-order valence-corrected chi connectivity index (χ3v) is 5.86. The maximum atomic E-state index is 12.3. The molecule has 3 rings (SSSR count). The summed E-state index contributed by atoms with van der Waals surface area (Å²) in [7, 11) is 0. The van der Waals surface area contributed by atoms with E-state index in [9.17, 15) is 14.9 Å². The SMILES string of the molecule is CC(=O)c1cc(C#N)c(SCC(=O)Nc2nc(-c3ccc(C)cc3)cs2)nc1C. The van der Waals surface area contributed by atoms with Gasteiger partial charge < -0.3 is 5.32 Å². The zero-order valence-corrected chi connectivity index (χ0v) is 17.8. The van der Waals surface area contributed by atoms with Gasteiger partial charge in [0.15, 0.2) is 10.9 Å². The lowest BCUT2D eigenvalue weighted by Gasteiger charge is -2.07. The predicted molar refractivity (Wildman–Crippen MR) is 115 cm³/mol. The lowest BCUT2D eigenvalue weighted by molar-refractivity contribution is -0.113. The van der Waals surface area contributed by atoms with Crippen LogP contribution in [0.3, 0.4) is 0 Å². The third kappa shape index (κ3) is 5.08. The van der Waals surface area contributed by atoms with Crippen molar-refractivity contribution in [2.45, 2.75) is 25.8 Å². The van der Waals surface area contributed by atoms with Crippen molar-refractivity contribution in [2.24, 2.45) is 0 Å². The maximum absolute atomic E-state index is 12.3. The molecule has 0 bridgehead atoms. The van der Waals surface area contributed by atoms with Crippen LogP contribution in [-0.4, -0.2) is 27.4 Å². The van der Waals surface area contributed by atoms with Crippen LogP contribution in [-0.2, 0) is 4.79 Å². The molecule has 6 nitrogen and oxygen atoms in total. The van der Waals surface area contributed by atoms with Crippen LogP contribution < -0.4 is 5.32 Å². The van der Waals surface area contributed by atoms with Gasteiger partial charge in [0.25, 0.3) is 0 Å². The topological polar surface area (TPSA) is 95.7 Å². The molecule has 146 valence electrons. The van der Waals surface area contributed by atoms with Gasteiger partial charge in [-0.25, -0.2) is 9.97 Å². The second-order valence-corrected chi connectivity index (χ2v) is 8.20. The Morgan fingerprint density at radius 2 is 1.93 bits per heavy atom. The monoisotopic (exact) mass is 422 g/mol. The van der Waals surface area contributed by atoms with Crippen molar-refractivity contribution in [2.75, 3.05) is 11.1 Å². The second-order valence-electron chi connectivity index (χ2n) is 6.38. The Balaban J connectivity index is 1.65. The van der Waals surface area contributed by atoms with Crippen molar-refractivity contribution in [1.82, 2.24) is 9.97 Å². The summed E-state index contributed by atoms with van der Waals surface area (Å²) in [4.78, 5) is 32.7. The number of rotatable bonds is 6. The first kappa shape index (κ1) is 20.7. The summed E-state index contributed by atoms with van der Waals surface area (Å²) in [6.07, 6.45) is 0. The lowest BCUT2D eigenvalue weighted by atomic mass is 10.1. The van der Waals surface area contributed by atoms with E-state index in [1.807, 2.05) is 42.6 Å². The van der Waals surface area contributed by atoms with E-state index in [4.69, 9.17) is 0 Å². The standard InChI is InChI=1S/C21H18N4O2S2/c1-12-4-6-15(7-5-12)18-10-29-21(24-18)25-19(27)11-28-20-16(9-22)8-17(14(3)26)13(2)23-20/h4-8,10H,11H2,1-3H3,(H,24,25,27). The average molecular weight is 423 g/mol. The predicted octanol–water partition coefficient (Wildman–Crippen LogP) is 4.63. The van der Waals surface area contributed by atoms with Gasteiger partial charge in [-0.15, -0.1) is 11.3 Å². The molecule has 0 saturated heterocycles. The van der Waals surface area contributed by atoms with Crippen LogP contribution in [0, 0.1) is 25.2 Å². The van der Waals surface area contributed by atoms with Gasteiger partial charge in [-0.3, -0.25) is 9.59 Å². The van der Waals surface area contributed by atoms with Gasteiger partial charge in [-0.2, -0.15) is 5.26 Å². The molecule has 1 aromatic carbocycles. The summed E-state index contributed by atoms with van der Waals surface area (Å²) >= 11 is 2.51. The molecule has 29 heavy (non-hydrogen) atoms. The first-order valence-electron chi connectivity index (χ1n) is 8.75. The first-order valence-corrected chi connectivity index (χ1v) is 10.6. The van der Waals surface area contributed by atoms with Crippen molar-refractivity contribution in [1.29, 1.82) is 5.26 Å². The number of Topliss-reactive ketones (excluding diaryl/α,β-unsaturated/α-hetero) is 1. The Morgan fingerprint density at radius 3 is 2.59 bits per heavy atom. The molecule has 8 heteroatoms. The molecule has 0 unspecified atom stereocenters. The molecule has 0 aliphatic carbocycles. The number of aryl methyl sites for hydroxylation is 2. The van der Waals surface area contributed by atoms with Gasteiger partial charge in [0.05, 0.1) is 17.0 Å². The third-order valence-electron chi connectivity index (χ3n) is 4.12. The number of hydrogen-bond acceptors (Lipinski definition) is 7. The average Bonchev–Trinajstić information content (AvgIpc) is 3.15. The van der Waals surface area contributed by atoms with Crippen LogP contribution in [0.4, 0.5) is 5.13 Å². The molecule has 1 amide bonds. The minimum absolute atomic E-state index is 0.0833. The Morgan fingerprint density at radius 1 is 1.21 bits per heavy atom. The van der Waals surface area contributed by atoms with Gasteiger partial charge in [0.2, 0.25) is 5.91 Å². The minimum atomic E-state index is -0.237. The van der Waals surface area contributed by atoms with E-state index in [0.717, 1.165) is 23.0 Å². The molecule has 0 aliphatic rings. The van der Waals surface area contributed by atoms with Crippen molar-refractivity contribution < 1.29 is 9.59 Å². The van der Waals surface area contributed by atoms with Crippen molar-refractivity contribution in [3.05, 3.63) is 58.1 Å². The highest BCUT2D eigenvalue weighted by Crippen LogP contribution is 2.26. The van der Waals surface area contributed by atoms with E-state index in [0.29, 0.717) is 21.4 Å². The summed E-state index contributed by atoms with van der Waals surface area (Å²) in [6, 6.07) is 11.6. The highest BCUT2D eigenvalue weighted by molar-refractivity contribution is 8.00. The van der Waals surface area contributed by atoms with Crippen LogP contribution in [0.2, 0.25) is 0 Å². The molecule has 0 spiro atoms. The maximum Gasteiger partial charge on any atom is 0.236 e. The Bertz CT molecular complexity index is 1110. The normalized spacial score (nSPS) is 10.4. The highest BCUT2D eigenvalue weighted by atomic mass is 32.2. The van der Waals surface area contributed by atoms with Crippen LogP contribution in [0.25, 0.3) is 11.3 Å². The van der Waals surface area contributed by atoms with E-state index < -0.39 is 0 Å². The van der Waals surface area contributed by atoms with Crippen LogP contribution in [0.1, 0.15) is 34.1 Å². The number of anilines is 1. The Hall–Kier alpha value is -3.02. The zero-order valence-electron chi connectivity index (χ0n) is 16.1. The van der Waals surface area contributed by atoms with Crippen molar-refractivity contribution in [3.8, 4) is 17.3 Å². The van der Waals surface area contributed by atoms with Gasteiger partial charge in [0.1, 0.15) is 11.1 Å². The number of carbonyl (C=O) groups is 2. The minimum Gasteiger partial charge on any atom is -0.301 e. The number of nitriles is 1. The number of nitrogens with one attached hydrogen (secondary N) is 1. The fraction of sp³-hybridized carbons (Fsp3) is 0.190. The molecule has 2 heterocycles. The number of nitrogens with zero attached hydrogens (tertiary/aromatic N) is 3. The summed E-state index contributed by atoms with van der Waals surface area (Å²) in [5.41, 5.74) is 4.22. The van der Waals surface area contributed by atoms with E-state index in [-0.39, 0.29) is 23.0 Å². The van der Waals surface area contributed by atoms with E-state index in [2.05, 4.69) is 15.3 Å². The molecule has 0 saturated carbocycles. The van der Waals surface area contributed by atoms with Gasteiger partial charge in [0, 0.05) is 22.2 Å². The fourth-order valence-electron chi connectivity index (χ4n) is 2.61. The number of ketones is 1. The molecule has 1 N–H and O–H groups in total. The van der Waals surface area contributed by atoms with E-state index >= 15 is 0 Å². The van der Waals surface area contributed by atoms with Gasteiger partial charge in [-0.05, 0) is 26.8 Å². The highest BCUT2D eigenvalue weighted by Gasteiger charge is 2.15.